The maximum atomic E-state index is 12.3. The second kappa shape index (κ2) is 6.45. The molecule has 1 N–H and O–H groups in total. The van der Waals surface area contributed by atoms with E-state index in [0.29, 0.717) is 18.1 Å². The summed E-state index contributed by atoms with van der Waals surface area (Å²) in [5, 5.41) is 9.22. The van der Waals surface area contributed by atoms with Gasteiger partial charge in [-0.1, -0.05) is 34.1 Å². The molecule has 0 aromatic heterocycles. The largest absolute Gasteiger partial charge is 0.480 e. The van der Waals surface area contributed by atoms with Crippen molar-refractivity contribution < 1.29 is 14.7 Å². The molecule has 0 spiro atoms. The number of thioether (sulfide) groups is 1. The Kier molecular flexibility index (Phi) is 5.50. The Labute approximate surface area is 113 Å². The highest BCUT2D eigenvalue weighted by molar-refractivity contribution is 8.00. The lowest BCUT2D eigenvalue weighted by molar-refractivity contribution is -0.150. The number of rotatable bonds is 5. The first-order chi connectivity index (χ1) is 8.38. The minimum atomic E-state index is -0.886. The Morgan fingerprint density at radius 2 is 2.00 bits per heavy atom. The van der Waals surface area contributed by atoms with Crippen LogP contribution in [0.4, 0.5) is 0 Å². The summed E-state index contributed by atoms with van der Waals surface area (Å²) in [6, 6.07) is -0.654. The van der Waals surface area contributed by atoms with Crippen molar-refractivity contribution in [1.82, 2.24) is 4.90 Å². The zero-order chi connectivity index (χ0) is 13.9. The molecule has 1 aliphatic rings. The molecule has 0 radical (unpaired) electrons. The number of aliphatic carboxylic acids is 1. The molecule has 0 aliphatic carbocycles. The van der Waals surface area contributed by atoms with Gasteiger partial charge in [0.1, 0.15) is 6.04 Å². The lowest BCUT2D eigenvalue weighted by atomic mass is 10.0. The van der Waals surface area contributed by atoms with E-state index in [0.717, 1.165) is 6.42 Å². The van der Waals surface area contributed by atoms with Crippen molar-refractivity contribution in [2.45, 2.75) is 52.0 Å². The van der Waals surface area contributed by atoms with Crippen LogP contribution in [0.25, 0.3) is 0 Å². The maximum Gasteiger partial charge on any atom is 0.327 e. The lowest BCUT2D eigenvalue weighted by Crippen LogP contribution is -2.47. The molecule has 0 aromatic carbocycles. The predicted octanol–water partition coefficient (Wildman–Crippen LogP) is 2.43. The van der Waals surface area contributed by atoms with Crippen LogP contribution in [0.3, 0.4) is 0 Å². The first-order valence-electron chi connectivity index (χ1n) is 6.54. The van der Waals surface area contributed by atoms with E-state index in [9.17, 15) is 14.7 Å². The number of carboxylic acid groups (broad SMARTS) is 1. The molecule has 18 heavy (non-hydrogen) atoms. The van der Waals surface area contributed by atoms with Gasteiger partial charge in [0, 0.05) is 12.2 Å². The van der Waals surface area contributed by atoms with Gasteiger partial charge in [0.05, 0.1) is 5.37 Å². The third kappa shape index (κ3) is 3.40. The molecule has 5 heteroatoms. The Balaban J connectivity index is 2.82. The fraction of sp³-hybridized carbons (Fsp3) is 0.846. The Morgan fingerprint density at radius 1 is 1.39 bits per heavy atom. The quantitative estimate of drug-likeness (QED) is 0.836. The summed E-state index contributed by atoms with van der Waals surface area (Å²) in [6.07, 6.45) is 1.39. The predicted molar refractivity (Wildman–Crippen MR) is 73.4 cm³/mol. The van der Waals surface area contributed by atoms with E-state index in [-0.39, 0.29) is 17.2 Å². The van der Waals surface area contributed by atoms with E-state index in [2.05, 4.69) is 0 Å². The van der Waals surface area contributed by atoms with Crippen LogP contribution in [0.1, 0.15) is 40.5 Å². The van der Waals surface area contributed by atoms with E-state index < -0.39 is 12.0 Å². The molecule has 104 valence electrons. The molecule has 1 fully saturated rings. The van der Waals surface area contributed by atoms with Crippen LogP contribution >= 0.6 is 11.8 Å². The molecule has 0 saturated carbocycles. The van der Waals surface area contributed by atoms with E-state index in [1.165, 1.54) is 0 Å². The van der Waals surface area contributed by atoms with Crippen molar-refractivity contribution in [2.75, 3.05) is 5.75 Å². The zero-order valence-electron chi connectivity index (χ0n) is 11.5. The van der Waals surface area contributed by atoms with Gasteiger partial charge in [0.25, 0.3) is 0 Å². The molecular weight excluding hydrogens is 250 g/mol. The highest BCUT2D eigenvalue weighted by atomic mass is 32.2. The van der Waals surface area contributed by atoms with Crippen LogP contribution in [-0.2, 0) is 9.59 Å². The van der Waals surface area contributed by atoms with E-state index in [1.807, 2.05) is 27.7 Å². The highest BCUT2D eigenvalue weighted by Crippen LogP contribution is 2.35. The summed E-state index contributed by atoms with van der Waals surface area (Å²) >= 11 is 1.58. The summed E-state index contributed by atoms with van der Waals surface area (Å²) < 4.78 is 0. The summed E-state index contributed by atoms with van der Waals surface area (Å²) in [5.41, 5.74) is 0. The summed E-state index contributed by atoms with van der Waals surface area (Å²) in [5.74, 6) is 0.193. The number of nitrogens with zero attached hydrogens (tertiary/aromatic N) is 1. The van der Waals surface area contributed by atoms with Crippen LogP contribution in [0.2, 0.25) is 0 Å². The Hall–Kier alpha value is -0.710. The van der Waals surface area contributed by atoms with Crippen molar-refractivity contribution in [3.05, 3.63) is 0 Å². The minimum Gasteiger partial charge on any atom is -0.480 e. The monoisotopic (exact) mass is 273 g/mol. The average Bonchev–Trinajstić information content (AvgIpc) is 2.73. The Bertz CT molecular complexity index is 319. The highest BCUT2D eigenvalue weighted by Gasteiger charge is 2.42. The van der Waals surface area contributed by atoms with Gasteiger partial charge in [0.2, 0.25) is 5.91 Å². The topological polar surface area (TPSA) is 57.6 Å². The molecule has 3 atom stereocenters. The average molecular weight is 273 g/mol. The molecule has 3 unspecified atom stereocenters. The molecule has 1 heterocycles. The molecule has 1 rings (SSSR count). The number of hydrogen-bond acceptors (Lipinski definition) is 3. The van der Waals surface area contributed by atoms with Gasteiger partial charge < -0.3 is 10.0 Å². The fourth-order valence-electron chi connectivity index (χ4n) is 2.10. The number of carboxylic acids is 1. The van der Waals surface area contributed by atoms with Gasteiger partial charge in [0.15, 0.2) is 0 Å². The van der Waals surface area contributed by atoms with Crippen LogP contribution < -0.4 is 0 Å². The fourth-order valence-corrected chi connectivity index (χ4v) is 3.59. The molecule has 1 amide bonds. The SMILES string of the molecule is CCC(C)CC(=O)N1C(C(=O)O)CSC1C(C)C. The van der Waals surface area contributed by atoms with Gasteiger partial charge in [-0.2, -0.15) is 0 Å². The molecule has 4 nitrogen and oxygen atoms in total. The zero-order valence-corrected chi connectivity index (χ0v) is 12.4. The van der Waals surface area contributed by atoms with E-state index in [4.69, 9.17) is 0 Å². The number of carbonyl (C=O) groups excluding carboxylic acids is 1. The van der Waals surface area contributed by atoms with Gasteiger partial charge >= 0.3 is 5.97 Å². The number of hydrogen-bond donors (Lipinski definition) is 1. The number of carbonyl (C=O) groups is 2. The van der Waals surface area contributed by atoms with Crippen molar-refractivity contribution >= 4 is 23.6 Å². The van der Waals surface area contributed by atoms with Gasteiger partial charge in [-0.3, -0.25) is 4.79 Å². The first-order valence-corrected chi connectivity index (χ1v) is 7.58. The van der Waals surface area contributed by atoms with Crippen LogP contribution in [0.15, 0.2) is 0 Å². The molecule has 1 aliphatic heterocycles. The second-order valence-corrected chi connectivity index (χ2v) is 6.49. The van der Waals surface area contributed by atoms with Gasteiger partial charge in [-0.15, -0.1) is 11.8 Å². The summed E-state index contributed by atoms with van der Waals surface area (Å²) in [6.45, 7) is 8.14. The Morgan fingerprint density at radius 3 is 2.44 bits per heavy atom. The van der Waals surface area contributed by atoms with Gasteiger partial charge in [-0.05, 0) is 11.8 Å². The van der Waals surface area contributed by atoms with Gasteiger partial charge in [-0.25, -0.2) is 4.79 Å². The second-order valence-electron chi connectivity index (χ2n) is 5.34. The third-order valence-electron chi connectivity index (χ3n) is 3.40. The van der Waals surface area contributed by atoms with Crippen molar-refractivity contribution in [2.24, 2.45) is 11.8 Å². The van der Waals surface area contributed by atoms with Crippen LogP contribution in [0.5, 0.6) is 0 Å². The van der Waals surface area contributed by atoms with E-state index in [1.54, 1.807) is 16.7 Å². The molecule has 0 bridgehead atoms. The lowest BCUT2D eigenvalue weighted by Gasteiger charge is -2.30. The normalized spacial score (nSPS) is 25.5. The summed E-state index contributed by atoms with van der Waals surface area (Å²) in [7, 11) is 0. The van der Waals surface area contributed by atoms with Crippen molar-refractivity contribution in [1.29, 1.82) is 0 Å². The van der Waals surface area contributed by atoms with Crippen LogP contribution in [0, 0.1) is 11.8 Å². The molecular formula is C13H23NO3S. The standard InChI is InChI=1S/C13H23NO3S/c1-5-9(4)6-11(15)14-10(13(16)17)7-18-12(14)8(2)3/h8-10,12H,5-7H2,1-4H3,(H,16,17). The van der Waals surface area contributed by atoms with Crippen LogP contribution in [-0.4, -0.2) is 39.1 Å². The molecule has 0 aromatic rings. The van der Waals surface area contributed by atoms with E-state index >= 15 is 0 Å². The summed E-state index contributed by atoms with van der Waals surface area (Å²) in [4.78, 5) is 25.1. The maximum absolute atomic E-state index is 12.3. The van der Waals surface area contributed by atoms with Crippen molar-refractivity contribution in [3.63, 3.8) is 0 Å². The smallest absolute Gasteiger partial charge is 0.327 e. The number of amides is 1. The third-order valence-corrected chi connectivity index (χ3v) is 5.02. The molecule has 1 saturated heterocycles. The minimum absolute atomic E-state index is 0.00246. The first kappa shape index (κ1) is 15.3. The van der Waals surface area contributed by atoms with Crippen molar-refractivity contribution in [3.8, 4) is 0 Å².